The van der Waals surface area contributed by atoms with E-state index < -0.39 is 15.9 Å². The molecule has 1 amide bonds. The summed E-state index contributed by atoms with van der Waals surface area (Å²) in [6.07, 6.45) is 5.34. The van der Waals surface area contributed by atoms with Crippen molar-refractivity contribution in [2.75, 3.05) is 11.9 Å². The van der Waals surface area contributed by atoms with Gasteiger partial charge in [0.2, 0.25) is 10.0 Å². The van der Waals surface area contributed by atoms with Crippen LogP contribution in [0.5, 0.6) is 0 Å². The zero-order chi connectivity index (χ0) is 17.7. The van der Waals surface area contributed by atoms with E-state index in [0.29, 0.717) is 22.4 Å². The van der Waals surface area contributed by atoms with E-state index in [0.717, 1.165) is 0 Å². The lowest BCUT2D eigenvalue weighted by Crippen LogP contribution is -2.24. The summed E-state index contributed by atoms with van der Waals surface area (Å²) in [6.45, 7) is 3.71. The monoisotopic (exact) mass is 342 g/mol. The Morgan fingerprint density at radius 3 is 2.62 bits per heavy atom. The predicted molar refractivity (Wildman–Crippen MR) is 94.4 cm³/mol. The third-order valence-corrected chi connectivity index (χ3v) is 4.93. The molecule has 0 spiro atoms. The van der Waals surface area contributed by atoms with Gasteiger partial charge in [0.15, 0.2) is 0 Å². The number of benzene rings is 2. The minimum Gasteiger partial charge on any atom is -0.322 e. The highest BCUT2D eigenvalue weighted by Gasteiger charge is 2.17. The summed E-state index contributed by atoms with van der Waals surface area (Å²) in [5.41, 5.74) is 2.17. The SMILES string of the molecule is C#Cc1cccc(NC(=O)c2cc(S(=O)(=O)NCC)ccc2C)c1. The average Bonchev–Trinajstić information content (AvgIpc) is 2.55. The summed E-state index contributed by atoms with van der Waals surface area (Å²) >= 11 is 0. The molecule has 0 radical (unpaired) electrons. The van der Waals surface area contributed by atoms with E-state index in [2.05, 4.69) is 16.0 Å². The molecule has 0 aromatic heterocycles. The van der Waals surface area contributed by atoms with E-state index in [1.165, 1.54) is 12.1 Å². The maximum Gasteiger partial charge on any atom is 0.255 e. The molecule has 0 aliphatic rings. The third kappa shape index (κ3) is 4.02. The van der Waals surface area contributed by atoms with Gasteiger partial charge in [-0.3, -0.25) is 4.79 Å². The molecule has 0 heterocycles. The largest absolute Gasteiger partial charge is 0.322 e. The van der Waals surface area contributed by atoms with E-state index in [9.17, 15) is 13.2 Å². The van der Waals surface area contributed by atoms with Crippen LogP contribution in [-0.2, 0) is 10.0 Å². The third-order valence-electron chi connectivity index (χ3n) is 3.39. The Morgan fingerprint density at radius 1 is 1.21 bits per heavy atom. The number of carbonyl (C=O) groups is 1. The second-order valence-electron chi connectivity index (χ2n) is 5.16. The number of rotatable bonds is 5. The molecule has 2 aromatic rings. The van der Waals surface area contributed by atoms with Gasteiger partial charge in [0, 0.05) is 23.4 Å². The highest BCUT2D eigenvalue weighted by molar-refractivity contribution is 7.89. The lowest BCUT2D eigenvalue weighted by molar-refractivity contribution is 0.102. The highest BCUT2D eigenvalue weighted by atomic mass is 32.2. The molecule has 0 aliphatic carbocycles. The molecular weight excluding hydrogens is 324 g/mol. The number of nitrogens with one attached hydrogen (secondary N) is 2. The van der Waals surface area contributed by atoms with E-state index in [1.54, 1.807) is 44.2 Å². The first-order chi connectivity index (χ1) is 11.4. The fraction of sp³-hybridized carbons (Fsp3) is 0.167. The molecule has 0 unspecified atom stereocenters. The lowest BCUT2D eigenvalue weighted by atomic mass is 10.1. The van der Waals surface area contributed by atoms with Crippen molar-refractivity contribution in [1.29, 1.82) is 0 Å². The Bertz CT molecular complexity index is 912. The smallest absolute Gasteiger partial charge is 0.255 e. The average molecular weight is 342 g/mol. The Kier molecular flexibility index (Phi) is 5.39. The van der Waals surface area contributed by atoms with Crippen molar-refractivity contribution in [1.82, 2.24) is 4.72 Å². The van der Waals surface area contributed by atoms with Crippen LogP contribution in [0.2, 0.25) is 0 Å². The molecule has 0 bridgehead atoms. The normalized spacial score (nSPS) is 10.9. The van der Waals surface area contributed by atoms with Gasteiger partial charge in [-0.05, 0) is 42.8 Å². The second kappa shape index (κ2) is 7.30. The number of anilines is 1. The summed E-state index contributed by atoms with van der Waals surface area (Å²) in [5, 5.41) is 2.73. The molecule has 124 valence electrons. The van der Waals surface area contributed by atoms with Crippen molar-refractivity contribution in [2.45, 2.75) is 18.7 Å². The molecule has 0 fully saturated rings. The van der Waals surface area contributed by atoms with Crippen molar-refractivity contribution in [3.63, 3.8) is 0 Å². The number of sulfonamides is 1. The predicted octanol–water partition coefficient (Wildman–Crippen LogP) is 2.53. The molecule has 0 atom stereocenters. The summed E-state index contributed by atoms with van der Waals surface area (Å²) in [6, 6.07) is 11.3. The highest BCUT2D eigenvalue weighted by Crippen LogP contribution is 2.18. The van der Waals surface area contributed by atoms with Crippen molar-refractivity contribution >= 4 is 21.6 Å². The van der Waals surface area contributed by atoms with Gasteiger partial charge in [0.1, 0.15) is 0 Å². The standard InChI is InChI=1S/C18H18N2O3S/c1-4-14-7-6-8-15(11-14)20-18(21)17-12-16(10-9-13(17)3)24(22,23)19-5-2/h1,6-12,19H,5H2,2-3H3,(H,20,21). The maximum absolute atomic E-state index is 12.5. The topological polar surface area (TPSA) is 75.3 Å². The molecule has 24 heavy (non-hydrogen) atoms. The number of hydrogen-bond donors (Lipinski definition) is 2. The number of terminal acetylenes is 1. The van der Waals surface area contributed by atoms with Crippen LogP contribution < -0.4 is 10.0 Å². The van der Waals surface area contributed by atoms with Gasteiger partial charge >= 0.3 is 0 Å². The van der Waals surface area contributed by atoms with Gasteiger partial charge in [0.25, 0.3) is 5.91 Å². The minimum absolute atomic E-state index is 0.0532. The van der Waals surface area contributed by atoms with Crippen LogP contribution in [0.25, 0.3) is 0 Å². The summed E-state index contributed by atoms with van der Waals surface area (Å²) in [7, 11) is -3.62. The Morgan fingerprint density at radius 2 is 1.96 bits per heavy atom. The fourth-order valence-corrected chi connectivity index (χ4v) is 3.24. The molecule has 5 nitrogen and oxygen atoms in total. The lowest BCUT2D eigenvalue weighted by Gasteiger charge is -2.11. The van der Waals surface area contributed by atoms with Gasteiger partial charge in [0.05, 0.1) is 4.90 Å². The minimum atomic E-state index is -3.62. The molecule has 0 saturated carbocycles. The molecule has 2 aromatic carbocycles. The number of aryl methyl sites for hydroxylation is 1. The van der Waals surface area contributed by atoms with E-state index in [1.807, 2.05) is 0 Å². The summed E-state index contributed by atoms with van der Waals surface area (Å²) in [5.74, 6) is 2.10. The number of amides is 1. The van der Waals surface area contributed by atoms with Gasteiger partial charge < -0.3 is 5.32 Å². The van der Waals surface area contributed by atoms with Crippen LogP contribution in [0, 0.1) is 19.3 Å². The maximum atomic E-state index is 12.5. The molecule has 2 rings (SSSR count). The van der Waals surface area contributed by atoms with Crippen LogP contribution in [-0.4, -0.2) is 20.9 Å². The molecule has 0 saturated heterocycles. The number of carbonyl (C=O) groups excluding carboxylic acids is 1. The summed E-state index contributed by atoms with van der Waals surface area (Å²) < 4.78 is 26.6. The van der Waals surface area contributed by atoms with Crippen LogP contribution in [0.15, 0.2) is 47.4 Å². The molecule has 0 aliphatic heterocycles. The van der Waals surface area contributed by atoms with Gasteiger partial charge in [-0.15, -0.1) is 6.42 Å². The number of hydrogen-bond acceptors (Lipinski definition) is 3. The Balaban J connectivity index is 2.34. The Labute approximate surface area is 142 Å². The first-order valence-electron chi connectivity index (χ1n) is 7.35. The second-order valence-corrected chi connectivity index (χ2v) is 6.92. The Hall–Kier alpha value is -2.62. The van der Waals surface area contributed by atoms with Crippen molar-refractivity contribution in [3.8, 4) is 12.3 Å². The summed E-state index contributed by atoms with van der Waals surface area (Å²) in [4.78, 5) is 12.5. The molecule has 2 N–H and O–H groups in total. The van der Waals surface area contributed by atoms with Crippen LogP contribution >= 0.6 is 0 Å². The first-order valence-corrected chi connectivity index (χ1v) is 8.84. The van der Waals surface area contributed by atoms with E-state index in [-0.39, 0.29) is 11.4 Å². The van der Waals surface area contributed by atoms with E-state index >= 15 is 0 Å². The van der Waals surface area contributed by atoms with Gasteiger partial charge in [-0.2, -0.15) is 0 Å². The van der Waals surface area contributed by atoms with Crippen LogP contribution in [0.4, 0.5) is 5.69 Å². The first kappa shape index (κ1) is 17.7. The van der Waals surface area contributed by atoms with Gasteiger partial charge in [-0.25, -0.2) is 13.1 Å². The van der Waals surface area contributed by atoms with Gasteiger partial charge in [-0.1, -0.05) is 25.0 Å². The van der Waals surface area contributed by atoms with Crippen LogP contribution in [0.1, 0.15) is 28.4 Å². The molecular formula is C18H18N2O3S. The quantitative estimate of drug-likeness (QED) is 0.820. The fourth-order valence-electron chi connectivity index (χ4n) is 2.17. The zero-order valence-corrected chi connectivity index (χ0v) is 14.3. The molecule has 6 heteroatoms. The van der Waals surface area contributed by atoms with Crippen molar-refractivity contribution in [3.05, 3.63) is 59.2 Å². The van der Waals surface area contributed by atoms with E-state index in [4.69, 9.17) is 6.42 Å². The van der Waals surface area contributed by atoms with Crippen molar-refractivity contribution in [2.24, 2.45) is 0 Å². The zero-order valence-electron chi connectivity index (χ0n) is 13.5. The van der Waals surface area contributed by atoms with Crippen molar-refractivity contribution < 1.29 is 13.2 Å². The van der Waals surface area contributed by atoms with Crippen LogP contribution in [0.3, 0.4) is 0 Å².